The minimum absolute atomic E-state index is 0.119. The number of thioether (sulfide) groups is 1. The average Bonchev–Trinajstić information content (AvgIpc) is 2.85. The van der Waals surface area contributed by atoms with Gasteiger partial charge in [0.05, 0.1) is 12.2 Å². The van der Waals surface area contributed by atoms with Gasteiger partial charge >= 0.3 is 5.97 Å². The maximum Gasteiger partial charge on any atom is 0.338 e. The first kappa shape index (κ1) is 18.0. The number of carbonyl (C=O) groups is 1. The zero-order chi connectivity index (χ0) is 16.8. The molecule has 1 fully saturated rings. The minimum Gasteiger partial charge on any atom is -0.462 e. The fourth-order valence-corrected chi connectivity index (χ4v) is 3.39. The molecular formula is C18H22F2O2S. The molecule has 0 aliphatic heterocycles. The third-order valence-corrected chi connectivity index (χ3v) is 4.72. The lowest BCUT2D eigenvalue weighted by molar-refractivity contribution is -0.136. The van der Waals surface area contributed by atoms with Crippen LogP contribution in [0.15, 0.2) is 35.2 Å². The van der Waals surface area contributed by atoms with Gasteiger partial charge < -0.3 is 4.74 Å². The lowest BCUT2D eigenvalue weighted by Crippen LogP contribution is -2.08. The van der Waals surface area contributed by atoms with E-state index in [-0.39, 0.29) is 25.4 Å². The van der Waals surface area contributed by atoms with Crippen molar-refractivity contribution in [2.24, 2.45) is 5.92 Å². The number of esters is 1. The van der Waals surface area contributed by atoms with Crippen molar-refractivity contribution in [1.29, 1.82) is 0 Å². The van der Waals surface area contributed by atoms with E-state index in [1.54, 1.807) is 24.8 Å². The molecule has 5 heteroatoms. The van der Waals surface area contributed by atoms with Crippen LogP contribution in [0.1, 0.15) is 32.3 Å². The second-order valence-electron chi connectivity index (χ2n) is 5.52. The molecule has 0 amide bonds. The van der Waals surface area contributed by atoms with Crippen molar-refractivity contribution in [2.75, 3.05) is 12.4 Å². The van der Waals surface area contributed by atoms with Crippen molar-refractivity contribution in [3.63, 3.8) is 0 Å². The quantitative estimate of drug-likeness (QED) is 0.421. The van der Waals surface area contributed by atoms with Crippen molar-refractivity contribution < 1.29 is 18.3 Å². The van der Waals surface area contributed by atoms with Crippen molar-refractivity contribution in [3.8, 4) is 0 Å². The monoisotopic (exact) mass is 340 g/mol. The zero-order valence-corrected chi connectivity index (χ0v) is 14.2. The molecule has 0 heterocycles. The average molecular weight is 340 g/mol. The van der Waals surface area contributed by atoms with Gasteiger partial charge in [0, 0.05) is 4.90 Å². The van der Waals surface area contributed by atoms with E-state index >= 15 is 0 Å². The summed E-state index contributed by atoms with van der Waals surface area (Å²) in [6.07, 6.45) is -0.973. The third-order valence-electron chi connectivity index (χ3n) is 3.82. The molecule has 126 valence electrons. The SMILES string of the molecule is CCOC(=O)/C(=C/C1CC(F)C(F)C1)c1ccc(SCC)cc1. The number of ether oxygens (including phenoxy) is 1. The molecule has 0 radical (unpaired) electrons. The van der Waals surface area contributed by atoms with Crippen LogP contribution in [0.4, 0.5) is 8.78 Å². The number of benzene rings is 1. The van der Waals surface area contributed by atoms with Crippen LogP contribution in [0.3, 0.4) is 0 Å². The molecular weight excluding hydrogens is 318 g/mol. The van der Waals surface area contributed by atoms with Gasteiger partial charge in [-0.2, -0.15) is 0 Å². The lowest BCUT2D eigenvalue weighted by atomic mass is 9.98. The molecule has 0 aromatic heterocycles. The van der Waals surface area contributed by atoms with Gasteiger partial charge in [0.2, 0.25) is 0 Å². The third kappa shape index (κ3) is 4.80. The fourth-order valence-electron chi connectivity index (χ4n) is 2.73. The van der Waals surface area contributed by atoms with Crippen LogP contribution in [-0.2, 0) is 9.53 Å². The Bertz CT molecular complexity index is 547. The van der Waals surface area contributed by atoms with Gasteiger partial charge in [0.1, 0.15) is 12.3 Å². The zero-order valence-electron chi connectivity index (χ0n) is 13.4. The Morgan fingerprint density at radius 1 is 1.22 bits per heavy atom. The highest BCUT2D eigenvalue weighted by atomic mass is 32.2. The first-order chi connectivity index (χ1) is 11.0. The predicted molar refractivity (Wildman–Crippen MR) is 90.0 cm³/mol. The van der Waals surface area contributed by atoms with Gasteiger partial charge in [0.15, 0.2) is 0 Å². The summed E-state index contributed by atoms with van der Waals surface area (Å²) in [5, 5.41) is 0. The summed E-state index contributed by atoms with van der Waals surface area (Å²) in [5.74, 6) is 0.253. The van der Waals surface area contributed by atoms with Gasteiger partial charge in [-0.15, -0.1) is 11.8 Å². The van der Waals surface area contributed by atoms with E-state index < -0.39 is 18.3 Å². The van der Waals surface area contributed by atoms with Crippen molar-refractivity contribution in [2.45, 2.75) is 43.9 Å². The number of rotatable bonds is 6. The van der Waals surface area contributed by atoms with Gasteiger partial charge in [-0.05, 0) is 49.1 Å². The summed E-state index contributed by atoms with van der Waals surface area (Å²) < 4.78 is 31.9. The Morgan fingerprint density at radius 2 is 1.83 bits per heavy atom. The Hall–Kier alpha value is -1.36. The van der Waals surface area contributed by atoms with Gasteiger partial charge in [-0.1, -0.05) is 25.1 Å². The number of halogens is 2. The summed E-state index contributed by atoms with van der Waals surface area (Å²) in [4.78, 5) is 13.3. The maximum atomic E-state index is 13.4. The normalized spacial score (nSPS) is 24.7. The topological polar surface area (TPSA) is 26.3 Å². The summed E-state index contributed by atoms with van der Waals surface area (Å²) in [6, 6.07) is 7.60. The smallest absolute Gasteiger partial charge is 0.338 e. The van der Waals surface area contributed by atoms with Crippen LogP contribution in [-0.4, -0.2) is 30.7 Å². The Labute approximate surface area is 140 Å². The van der Waals surface area contributed by atoms with Gasteiger partial charge in [0.25, 0.3) is 0 Å². The molecule has 1 aromatic carbocycles. The van der Waals surface area contributed by atoms with E-state index in [0.717, 1.165) is 16.2 Å². The molecule has 0 bridgehead atoms. The first-order valence-corrected chi connectivity index (χ1v) is 8.94. The molecule has 1 aliphatic carbocycles. The molecule has 2 nitrogen and oxygen atoms in total. The van der Waals surface area contributed by atoms with E-state index in [4.69, 9.17) is 4.74 Å². The van der Waals surface area contributed by atoms with Crippen LogP contribution >= 0.6 is 11.8 Å². The summed E-state index contributed by atoms with van der Waals surface area (Å²) >= 11 is 1.71. The maximum absolute atomic E-state index is 13.4. The molecule has 2 unspecified atom stereocenters. The molecule has 1 aliphatic rings. The largest absolute Gasteiger partial charge is 0.462 e. The molecule has 1 saturated carbocycles. The molecule has 0 spiro atoms. The predicted octanol–water partition coefficient (Wildman–Crippen LogP) is 4.83. The molecule has 0 saturated heterocycles. The van der Waals surface area contributed by atoms with Gasteiger partial charge in [-0.25, -0.2) is 13.6 Å². The Morgan fingerprint density at radius 3 is 2.35 bits per heavy atom. The highest BCUT2D eigenvalue weighted by Gasteiger charge is 2.34. The second kappa shape index (κ2) is 8.48. The van der Waals surface area contributed by atoms with Crippen molar-refractivity contribution in [3.05, 3.63) is 35.9 Å². The fraction of sp³-hybridized carbons (Fsp3) is 0.500. The lowest BCUT2D eigenvalue weighted by Gasteiger charge is -2.11. The summed E-state index contributed by atoms with van der Waals surface area (Å²) in [5.41, 5.74) is 1.12. The van der Waals surface area contributed by atoms with E-state index in [2.05, 4.69) is 6.92 Å². The highest BCUT2D eigenvalue weighted by Crippen LogP contribution is 2.34. The Balaban J connectivity index is 2.25. The van der Waals surface area contributed by atoms with E-state index in [0.29, 0.717) is 5.57 Å². The van der Waals surface area contributed by atoms with Crippen molar-refractivity contribution >= 4 is 23.3 Å². The minimum atomic E-state index is -1.44. The highest BCUT2D eigenvalue weighted by molar-refractivity contribution is 7.99. The second-order valence-corrected chi connectivity index (χ2v) is 6.86. The molecule has 0 N–H and O–H groups in total. The van der Waals surface area contributed by atoms with Crippen LogP contribution in [0.25, 0.3) is 5.57 Å². The molecule has 2 atom stereocenters. The van der Waals surface area contributed by atoms with E-state index in [1.807, 2.05) is 24.3 Å². The molecule has 1 aromatic rings. The van der Waals surface area contributed by atoms with Crippen molar-refractivity contribution in [1.82, 2.24) is 0 Å². The molecule has 23 heavy (non-hydrogen) atoms. The number of allylic oxidation sites excluding steroid dienone is 1. The number of hydrogen-bond donors (Lipinski definition) is 0. The standard InChI is InChI=1S/C18H22F2O2S/c1-3-22-18(21)15(9-12-10-16(19)17(20)11-12)13-5-7-14(8-6-13)23-4-2/h5-9,12,16-17H,3-4,10-11H2,1-2H3/b15-9+. The van der Waals surface area contributed by atoms with Crippen LogP contribution < -0.4 is 0 Å². The Kier molecular flexibility index (Phi) is 6.63. The first-order valence-electron chi connectivity index (χ1n) is 7.95. The van der Waals surface area contributed by atoms with Gasteiger partial charge in [-0.3, -0.25) is 0 Å². The summed E-state index contributed by atoms with van der Waals surface area (Å²) in [7, 11) is 0. The van der Waals surface area contributed by atoms with E-state index in [9.17, 15) is 13.6 Å². The van der Waals surface area contributed by atoms with Crippen LogP contribution in [0, 0.1) is 5.92 Å². The molecule has 2 rings (SSSR count). The van der Waals surface area contributed by atoms with E-state index in [1.165, 1.54) is 0 Å². The summed E-state index contributed by atoms with van der Waals surface area (Å²) in [6.45, 7) is 4.08. The number of alkyl halides is 2. The number of hydrogen-bond acceptors (Lipinski definition) is 3. The van der Waals surface area contributed by atoms with Crippen LogP contribution in [0.2, 0.25) is 0 Å². The number of carbonyl (C=O) groups excluding carboxylic acids is 1. The van der Waals surface area contributed by atoms with Crippen LogP contribution in [0.5, 0.6) is 0 Å².